The van der Waals surface area contributed by atoms with Crippen molar-refractivity contribution < 1.29 is 9.53 Å². The molecule has 2 aromatic carbocycles. The van der Waals surface area contributed by atoms with Crippen LogP contribution in [-0.4, -0.2) is 31.9 Å². The van der Waals surface area contributed by atoms with Gasteiger partial charge in [-0.1, -0.05) is 12.1 Å². The van der Waals surface area contributed by atoms with Gasteiger partial charge in [-0.2, -0.15) is 0 Å². The highest BCUT2D eigenvalue weighted by Gasteiger charge is 2.01. The molecule has 22 heavy (non-hydrogen) atoms. The van der Waals surface area contributed by atoms with Gasteiger partial charge in [0.15, 0.2) is 0 Å². The third-order valence-corrected chi connectivity index (χ3v) is 3.52. The zero-order valence-electron chi connectivity index (χ0n) is 12.1. The van der Waals surface area contributed by atoms with E-state index in [1.54, 1.807) is 37.6 Å². The zero-order valence-corrected chi connectivity index (χ0v) is 13.7. The SMILES string of the molecule is COc1ccc(C(=O)C=NCC=Nc2ccccc2Br)cc1. The Morgan fingerprint density at radius 1 is 1.18 bits per heavy atom. The van der Waals surface area contributed by atoms with Gasteiger partial charge in [-0.05, 0) is 52.3 Å². The molecule has 0 heterocycles. The van der Waals surface area contributed by atoms with E-state index in [-0.39, 0.29) is 5.78 Å². The van der Waals surface area contributed by atoms with Crippen molar-refractivity contribution in [3.05, 3.63) is 58.6 Å². The van der Waals surface area contributed by atoms with E-state index >= 15 is 0 Å². The molecule has 2 rings (SSSR count). The number of ketones is 1. The van der Waals surface area contributed by atoms with E-state index in [9.17, 15) is 4.79 Å². The molecule has 0 saturated carbocycles. The first-order valence-electron chi connectivity index (χ1n) is 6.66. The van der Waals surface area contributed by atoms with Crippen molar-refractivity contribution in [3.8, 4) is 5.75 Å². The van der Waals surface area contributed by atoms with Gasteiger partial charge in [-0.25, -0.2) is 0 Å². The fourth-order valence-electron chi connectivity index (χ4n) is 1.71. The Labute approximate surface area is 137 Å². The number of benzene rings is 2. The van der Waals surface area contributed by atoms with Gasteiger partial charge < -0.3 is 4.74 Å². The summed E-state index contributed by atoms with van der Waals surface area (Å²) in [5.74, 6) is 0.575. The summed E-state index contributed by atoms with van der Waals surface area (Å²) in [5, 5.41) is 0. The van der Waals surface area contributed by atoms with E-state index in [2.05, 4.69) is 25.9 Å². The number of hydrogen-bond donors (Lipinski definition) is 0. The number of carbonyl (C=O) groups is 1. The van der Waals surface area contributed by atoms with Crippen molar-refractivity contribution in [1.29, 1.82) is 0 Å². The van der Waals surface area contributed by atoms with Gasteiger partial charge in [0.25, 0.3) is 0 Å². The molecule has 0 saturated heterocycles. The predicted molar refractivity (Wildman–Crippen MR) is 93.0 cm³/mol. The summed E-state index contributed by atoms with van der Waals surface area (Å²) >= 11 is 3.41. The van der Waals surface area contributed by atoms with Crippen LogP contribution in [0.15, 0.2) is 63.0 Å². The molecule has 0 radical (unpaired) electrons. The fourth-order valence-corrected chi connectivity index (χ4v) is 2.10. The monoisotopic (exact) mass is 358 g/mol. The number of Topliss-reactive ketones (excluding diaryl/α,β-unsaturated/α-hetero) is 1. The van der Waals surface area contributed by atoms with Gasteiger partial charge in [0, 0.05) is 16.3 Å². The van der Waals surface area contributed by atoms with Crippen LogP contribution in [0.1, 0.15) is 10.4 Å². The van der Waals surface area contributed by atoms with Crippen molar-refractivity contribution in [2.24, 2.45) is 9.98 Å². The van der Waals surface area contributed by atoms with Crippen LogP contribution in [0.5, 0.6) is 5.75 Å². The Balaban J connectivity index is 1.89. The lowest BCUT2D eigenvalue weighted by Crippen LogP contribution is -2.01. The molecule has 0 aliphatic carbocycles. The average Bonchev–Trinajstić information content (AvgIpc) is 2.56. The number of methoxy groups -OCH3 is 1. The zero-order chi connectivity index (χ0) is 15.8. The van der Waals surface area contributed by atoms with Crippen LogP contribution in [0.2, 0.25) is 0 Å². The molecule has 0 amide bonds. The lowest BCUT2D eigenvalue weighted by Gasteiger charge is -1.99. The fraction of sp³-hybridized carbons (Fsp3) is 0.118. The first kappa shape index (κ1) is 16.1. The molecular weight excluding hydrogens is 344 g/mol. The minimum atomic E-state index is -0.142. The maximum Gasteiger partial charge on any atom is 0.203 e. The second kappa shape index (κ2) is 8.24. The van der Waals surface area contributed by atoms with Crippen LogP contribution in [-0.2, 0) is 0 Å². The van der Waals surface area contributed by atoms with Gasteiger partial charge in [0.1, 0.15) is 5.75 Å². The van der Waals surface area contributed by atoms with Crippen molar-refractivity contribution in [2.45, 2.75) is 0 Å². The quantitative estimate of drug-likeness (QED) is 0.576. The molecule has 0 spiro atoms. The Kier molecular flexibility index (Phi) is 6.03. The Morgan fingerprint density at radius 3 is 2.59 bits per heavy atom. The van der Waals surface area contributed by atoms with Gasteiger partial charge >= 0.3 is 0 Å². The summed E-state index contributed by atoms with van der Waals surface area (Å²) in [6, 6.07) is 14.6. The van der Waals surface area contributed by atoms with Crippen molar-refractivity contribution in [3.63, 3.8) is 0 Å². The first-order valence-corrected chi connectivity index (χ1v) is 7.45. The molecule has 0 aliphatic rings. The summed E-state index contributed by atoms with van der Waals surface area (Å²) in [4.78, 5) is 20.2. The number of rotatable bonds is 6. The minimum absolute atomic E-state index is 0.142. The molecule has 0 unspecified atom stereocenters. The highest BCUT2D eigenvalue weighted by molar-refractivity contribution is 9.10. The molecule has 5 heteroatoms. The number of carbonyl (C=O) groups excluding carboxylic acids is 1. The predicted octanol–water partition coefficient (Wildman–Crippen LogP) is 4.11. The van der Waals surface area contributed by atoms with Gasteiger partial charge in [-0.3, -0.25) is 14.8 Å². The lowest BCUT2D eigenvalue weighted by molar-refractivity contribution is 0.107. The summed E-state index contributed by atoms with van der Waals surface area (Å²) in [6.45, 7) is 0.350. The normalized spacial score (nSPS) is 11.2. The molecule has 0 aliphatic heterocycles. The van der Waals surface area contributed by atoms with Crippen LogP contribution in [0.3, 0.4) is 0 Å². The molecule has 2 aromatic rings. The molecular formula is C17H15BrN2O2. The van der Waals surface area contributed by atoms with E-state index < -0.39 is 0 Å². The summed E-state index contributed by atoms with van der Waals surface area (Å²) in [5.41, 5.74) is 1.41. The highest BCUT2D eigenvalue weighted by atomic mass is 79.9. The van der Waals surface area contributed by atoms with E-state index in [4.69, 9.17) is 4.74 Å². The highest BCUT2D eigenvalue weighted by Crippen LogP contribution is 2.23. The van der Waals surface area contributed by atoms with Gasteiger partial charge in [0.05, 0.1) is 25.6 Å². The van der Waals surface area contributed by atoms with Crippen LogP contribution in [0, 0.1) is 0 Å². The van der Waals surface area contributed by atoms with E-state index in [1.165, 1.54) is 6.21 Å². The molecule has 0 bridgehead atoms. The molecule has 0 aromatic heterocycles. The first-order chi connectivity index (χ1) is 10.7. The van der Waals surface area contributed by atoms with E-state index in [0.29, 0.717) is 17.9 Å². The second-order valence-corrected chi connectivity index (χ2v) is 5.20. The number of aliphatic imine (C=N–C) groups is 2. The van der Waals surface area contributed by atoms with Gasteiger partial charge in [0.2, 0.25) is 5.78 Å². The molecule has 4 nitrogen and oxygen atoms in total. The Hall–Kier alpha value is -2.27. The summed E-state index contributed by atoms with van der Waals surface area (Å²) in [7, 11) is 1.59. The molecule has 0 fully saturated rings. The number of ether oxygens (including phenoxy) is 1. The molecule has 0 atom stereocenters. The summed E-state index contributed by atoms with van der Waals surface area (Å²) in [6.07, 6.45) is 2.98. The smallest absolute Gasteiger partial charge is 0.203 e. The van der Waals surface area contributed by atoms with Crippen LogP contribution in [0.4, 0.5) is 5.69 Å². The average molecular weight is 359 g/mol. The van der Waals surface area contributed by atoms with Gasteiger partial charge in [-0.15, -0.1) is 0 Å². The van der Waals surface area contributed by atoms with Crippen molar-refractivity contribution in [2.75, 3.05) is 13.7 Å². The summed E-state index contributed by atoms with van der Waals surface area (Å²) < 4.78 is 5.97. The van der Waals surface area contributed by atoms with Crippen LogP contribution in [0.25, 0.3) is 0 Å². The maximum absolute atomic E-state index is 11.9. The standard InChI is InChI=1S/C17H15BrN2O2/c1-22-14-8-6-13(7-9-14)17(21)12-19-10-11-20-16-5-3-2-4-15(16)18/h2-9,11-12H,10H2,1H3. The minimum Gasteiger partial charge on any atom is -0.497 e. The van der Waals surface area contributed by atoms with Crippen molar-refractivity contribution >= 4 is 39.8 Å². The lowest BCUT2D eigenvalue weighted by atomic mass is 10.1. The largest absolute Gasteiger partial charge is 0.497 e. The Bertz CT molecular complexity index is 694. The number of para-hydroxylation sites is 1. The molecule has 112 valence electrons. The van der Waals surface area contributed by atoms with E-state index in [1.807, 2.05) is 24.3 Å². The third-order valence-electron chi connectivity index (χ3n) is 2.85. The van der Waals surface area contributed by atoms with Crippen LogP contribution >= 0.6 is 15.9 Å². The number of nitrogens with zero attached hydrogens (tertiary/aromatic N) is 2. The molecule has 0 N–H and O–H groups in total. The van der Waals surface area contributed by atoms with E-state index in [0.717, 1.165) is 10.2 Å². The van der Waals surface area contributed by atoms with Crippen molar-refractivity contribution in [1.82, 2.24) is 0 Å². The third kappa shape index (κ3) is 4.63. The number of hydrogen-bond acceptors (Lipinski definition) is 4. The second-order valence-electron chi connectivity index (χ2n) is 4.35. The van der Waals surface area contributed by atoms with Crippen LogP contribution < -0.4 is 4.74 Å². The topological polar surface area (TPSA) is 51.0 Å². The maximum atomic E-state index is 11.9. The number of halogens is 1. The Morgan fingerprint density at radius 2 is 1.91 bits per heavy atom.